The lowest BCUT2D eigenvalue weighted by Gasteiger charge is -2.38. The number of halogens is 1. The van der Waals surface area contributed by atoms with E-state index in [0.29, 0.717) is 11.3 Å². The van der Waals surface area contributed by atoms with Gasteiger partial charge in [-0.3, -0.25) is 9.69 Å². The zero-order valence-electron chi connectivity index (χ0n) is 17.5. The summed E-state index contributed by atoms with van der Waals surface area (Å²) >= 11 is 0. The van der Waals surface area contributed by atoms with Crippen LogP contribution < -0.4 is 4.90 Å². The average Bonchev–Trinajstić information content (AvgIpc) is 3.27. The van der Waals surface area contributed by atoms with Crippen LogP contribution in [0.1, 0.15) is 40.1 Å². The molecule has 0 bridgehead atoms. The number of piperidine rings is 1. The molecule has 1 aliphatic heterocycles. The van der Waals surface area contributed by atoms with Gasteiger partial charge in [-0.2, -0.15) is 0 Å². The molecule has 30 heavy (non-hydrogen) atoms. The van der Waals surface area contributed by atoms with Crippen molar-refractivity contribution in [1.29, 1.82) is 0 Å². The summed E-state index contributed by atoms with van der Waals surface area (Å²) in [6, 6.07) is 16.9. The van der Waals surface area contributed by atoms with Crippen LogP contribution in [0.25, 0.3) is 0 Å². The van der Waals surface area contributed by atoms with Gasteiger partial charge in [0.2, 0.25) is 0 Å². The van der Waals surface area contributed by atoms with Gasteiger partial charge in [0.1, 0.15) is 5.82 Å². The maximum atomic E-state index is 14.3. The zero-order chi connectivity index (χ0) is 21.1. The monoisotopic (exact) mass is 406 g/mol. The smallest absolute Gasteiger partial charge is 0.294 e. The second-order valence-corrected chi connectivity index (χ2v) is 8.08. The molecule has 1 amide bonds. The van der Waals surface area contributed by atoms with Gasteiger partial charge >= 0.3 is 0 Å². The topological polar surface area (TPSA) is 36.7 Å². The second-order valence-electron chi connectivity index (χ2n) is 8.08. The number of hydrogen-bond donors (Lipinski definition) is 0. The molecule has 0 atom stereocenters. The molecule has 0 aliphatic carbocycles. The van der Waals surface area contributed by atoms with E-state index >= 15 is 0 Å². The van der Waals surface area contributed by atoms with Gasteiger partial charge < -0.3 is 9.32 Å². The van der Waals surface area contributed by atoms with Crippen LogP contribution in [-0.2, 0) is 6.54 Å². The molecule has 2 heterocycles. The van der Waals surface area contributed by atoms with Gasteiger partial charge in [0.25, 0.3) is 5.91 Å². The first-order chi connectivity index (χ1) is 14.5. The van der Waals surface area contributed by atoms with E-state index in [4.69, 9.17) is 4.42 Å². The summed E-state index contributed by atoms with van der Waals surface area (Å²) in [7, 11) is 0. The standard InChI is InChI=1S/C25H27FN2O2/c1-18-5-3-6-20(15-18)17-27-12-10-21(11-13-27)28(25(29)24-7-4-14-30-24)22-9-8-19(2)23(26)16-22/h3-9,14-16,21H,10-13,17H2,1-2H3. The number of benzene rings is 2. The molecule has 1 aliphatic rings. The number of carbonyl (C=O) groups is 1. The number of anilines is 1. The Morgan fingerprint density at radius 1 is 1.10 bits per heavy atom. The number of rotatable bonds is 5. The minimum Gasteiger partial charge on any atom is -0.459 e. The Balaban J connectivity index is 1.51. The molecule has 1 saturated heterocycles. The SMILES string of the molecule is Cc1cccc(CN2CCC(N(C(=O)c3ccco3)c3ccc(C)c(F)c3)CC2)c1. The Hall–Kier alpha value is -2.92. The average molecular weight is 407 g/mol. The number of amides is 1. The number of aryl methyl sites for hydroxylation is 2. The lowest BCUT2D eigenvalue weighted by molar-refractivity contribution is 0.0931. The van der Waals surface area contributed by atoms with Gasteiger partial charge in [-0.15, -0.1) is 0 Å². The normalized spacial score (nSPS) is 15.3. The molecular weight excluding hydrogens is 379 g/mol. The van der Waals surface area contributed by atoms with Gasteiger partial charge in [-0.1, -0.05) is 35.9 Å². The largest absolute Gasteiger partial charge is 0.459 e. The first kappa shape index (κ1) is 20.4. The van der Waals surface area contributed by atoms with E-state index < -0.39 is 0 Å². The summed E-state index contributed by atoms with van der Waals surface area (Å²) in [5, 5.41) is 0. The van der Waals surface area contributed by atoms with Gasteiger partial charge in [0.15, 0.2) is 5.76 Å². The molecular formula is C25H27FN2O2. The summed E-state index contributed by atoms with van der Waals surface area (Å²) in [6.45, 7) is 6.50. The van der Waals surface area contributed by atoms with Crippen molar-refractivity contribution in [3.8, 4) is 0 Å². The van der Waals surface area contributed by atoms with Gasteiger partial charge in [-0.05, 0) is 62.1 Å². The fourth-order valence-corrected chi connectivity index (χ4v) is 4.15. The zero-order valence-corrected chi connectivity index (χ0v) is 17.5. The van der Waals surface area contributed by atoms with Crippen LogP contribution in [-0.4, -0.2) is 29.9 Å². The van der Waals surface area contributed by atoms with Crippen molar-refractivity contribution < 1.29 is 13.6 Å². The second kappa shape index (κ2) is 8.84. The minimum atomic E-state index is -0.304. The van der Waals surface area contributed by atoms with Crippen molar-refractivity contribution in [2.24, 2.45) is 0 Å². The fraction of sp³-hybridized carbons (Fsp3) is 0.320. The molecule has 0 radical (unpaired) electrons. The Kier molecular flexibility index (Phi) is 6.00. The van der Waals surface area contributed by atoms with E-state index in [2.05, 4.69) is 36.1 Å². The van der Waals surface area contributed by atoms with Crippen LogP contribution in [0.15, 0.2) is 65.3 Å². The van der Waals surface area contributed by atoms with Gasteiger partial charge in [0, 0.05) is 31.4 Å². The molecule has 4 rings (SSSR count). The van der Waals surface area contributed by atoms with E-state index in [-0.39, 0.29) is 23.5 Å². The molecule has 5 heteroatoms. The van der Waals surface area contributed by atoms with Crippen molar-refractivity contribution in [2.75, 3.05) is 18.0 Å². The molecule has 0 N–H and O–H groups in total. The molecule has 0 spiro atoms. The van der Waals surface area contributed by atoms with Crippen molar-refractivity contribution >= 4 is 11.6 Å². The van der Waals surface area contributed by atoms with Crippen LogP contribution in [0.3, 0.4) is 0 Å². The fourth-order valence-electron chi connectivity index (χ4n) is 4.15. The van der Waals surface area contributed by atoms with E-state index in [9.17, 15) is 9.18 Å². The van der Waals surface area contributed by atoms with E-state index in [1.54, 1.807) is 30.0 Å². The highest BCUT2D eigenvalue weighted by Crippen LogP contribution is 2.28. The van der Waals surface area contributed by atoms with E-state index in [1.165, 1.54) is 23.5 Å². The Labute approximate surface area is 176 Å². The predicted octanol–water partition coefficient (Wildman–Crippen LogP) is 5.35. The highest BCUT2D eigenvalue weighted by molar-refractivity contribution is 6.04. The predicted molar refractivity (Wildman–Crippen MR) is 116 cm³/mol. The van der Waals surface area contributed by atoms with Crippen LogP contribution in [0.2, 0.25) is 0 Å². The summed E-state index contributed by atoms with van der Waals surface area (Å²) in [4.78, 5) is 17.3. The van der Waals surface area contributed by atoms with Crippen LogP contribution in [0.4, 0.5) is 10.1 Å². The Morgan fingerprint density at radius 2 is 1.90 bits per heavy atom. The first-order valence-electron chi connectivity index (χ1n) is 10.4. The molecule has 156 valence electrons. The molecule has 2 aromatic carbocycles. The lowest BCUT2D eigenvalue weighted by atomic mass is 10.0. The van der Waals surface area contributed by atoms with Crippen LogP contribution in [0.5, 0.6) is 0 Å². The summed E-state index contributed by atoms with van der Waals surface area (Å²) in [5.74, 6) is -0.250. The molecule has 0 saturated carbocycles. The van der Waals surface area contributed by atoms with E-state index in [1.807, 2.05) is 6.07 Å². The minimum absolute atomic E-state index is 0.00142. The highest BCUT2D eigenvalue weighted by Gasteiger charge is 2.31. The molecule has 4 nitrogen and oxygen atoms in total. The number of nitrogens with zero attached hydrogens (tertiary/aromatic N) is 2. The molecule has 1 aromatic heterocycles. The van der Waals surface area contributed by atoms with Crippen LogP contribution in [0, 0.1) is 19.7 Å². The quantitative estimate of drug-likeness (QED) is 0.573. The van der Waals surface area contributed by atoms with Crippen molar-refractivity contribution in [1.82, 2.24) is 4.90 Å². The molecule has 3 aromatic rings. The third kappa shape index (κ3) is 4.46. The maximum Gasteiger partial charge on any atom is 0.294 e. The van der Waals surface area contributed by atoms with Crippen LogP contribution >= 0.6 is 0 Å². The van der Waals surface area contributed by atoms with Gasteiger partial charge in [-0.25, -0.2) is 4.39 Å². The summed E-state index contributed by atoms with van der Waals surface area (Å²) in [5.41, 5.74) is 3.71. The highest BCUT2D eigenvalue weighted by atomic mass is 19.1. The Morgan fingerprint density at radius 3 is 2.57 bits per heavy atom. The van der Waals surface area contributed by atoms with Crippen molar-refractivity contribution in [3.63, 3.8) is 0 Å². The van der Waals surface area contributed by atoms with E-state index in [0.717, 1.165) is 32.5 Å². The summed E-state index contributed by atoms with van der Waals surface area (Å²) in [6.07, 6.45) is 3.15. The number of hydrogen-bond acceptors (Lipinski definition) is 3. The molecule has 0 unspecified atom stereocenters. The van der Waals surface area contributed by atoms with Crippen molar-refractivity contribution in [3.05, 3.63) is 89.1 Å². The first-order valence-corrected chi connectivity index (χ1v) is 10.4. The summed E-state index contributed by atoms with van der Waals surface area (Å²) < 4.78 is 19.6. The van der Waals surface area contributed by atoms with Crippen molar-refractivity contribution in [2.45, 2.75) is 39.3 Å². The van der Waals surface area contributed by atoms with Gasteiger partial charge in [0.05, 0.1) is 6.26 Å². The third-order valence-electron chi connectivity index (χ3n) is 5.80. The maximum absolute atomic E-state index is 14.3. The Bertz CT molecular complexity index is 1010. The number of likely N-dealkylation sites (tertiary alicyclic amines) is 1. The lowest BCUT2D eigenvalue weighted by Crippen LogP contribution is -2.47. The third-order valence-corrected chi connectivity index (χ3v) is 5.80. The molecule has 1 fully saturated rings. The number of carbonyl (C=O) groups excluding carboxylic acids is 1. The number of furan rings is 1.